The Morgan fingerprint density at radius 3 is 2.75 bits per heavy atom. The Kier molecular flexibility index (Phi) is 6.92. The lowest BCUT2D eigenvalue weighted by atomic mass is 9.94. The van der Waals surface area contributed by atoms with E-state index >= 15 is 0 Å². The largest absolute Gasteiger partial charge is 0.480 e. The molecule has 20 heavy (non-hydrogen) atoms. The van der Waals surface area contributed by atoms with Crippen LogP contribution in [0.25, 0.3) is 0 Å². The number of nitrogens with zero attached hydrogens (tertiary/aromatic N) is 1. The van der Waals surface area contributed by atoms with E-state index in [1.54, 1.807) is 6.92 Å². The number of carboxylic acid groups (broad SMARTS) is 1. The zero-order valence-corrected chi connectivity index (χ0v) is 13.3. The molecule has 0 amide bonds. The maximum absolute atomic E-state index is 11.3. The van der Waals surface area contributed by atoms with Crippen LogP contribution >= 0.6 is 0 Å². The monoisotopic (exact) mass is 286 g/mol. The number of hydrogen-bond donors (Lipinski definition) is 2. The van der Waals surface area contributed by atoms with Gasteiger partial charge in [0.05, 0.1) is 12.7 Å². The number of ether oxygens (including phenoxy) is 1. The molecule has 0 bridgehead atoms. The Balaban J connectivity index is 2.31. The molecule has 0 aromatic carbocycles. The maximum Gasteiger partial charge on any atom is 0.323 e. The van der Waals surface area contributed by atoms with Crippen molar-refractivity contribution in [1.82, 2.24) is 10.2 Å². The standard InChI is InChI=1S/C15H30N2O3/c1-5-16-15(4,14(18)19)8-6-7-9-17-10-13(3)20-11-12(17)2/h12-13,16H,5-11H2,1-4H3,(H,18,19). The molecule has 0 aliphatic carbocycles. The Morgan fingerprint density at radius 1 is 1.45 bits per heavy atom. The summed E-state index contributed by atoms with van der Waals surface area (Å²) in [7, 11) is 0. The normalized spacial score (nSPS) is 27.2. The molecule has 5 nitrogen and oxygen atoms in total. The van der Waals surface area contributed by atoms with Crippen molar-refractivity contribution in [3.63, 3.8) is 0 Å². The van der Waals surface area contributed by atoms with E-state index in [0.29, 0.717) is 25.1 Å². The van der Waals surface area contributed by atoms with Gasteiger partial charge >= 0.3 is 5.97 Å². The highest BCUT2D eigenvalue weighted by Crippen LogP contribution is 2.17. The second kappa shape index (κ2) is 7.96. The van der Waals surface area contributed by atoms with Gasteiger partial charge in [-0.1, -0.05) is 6.92 Å². The van der Waals surface area contributed by atoms with Gasteiger partial charge in [0.1, 0.15) is 5.54 Å². The average molecular weight is 286 g/mol. The first-order valence-electron chi connectivity index (χ1n) is 7.73. The lowest BCUT2D eigenvalue weighted by molar-refractivity contribution is -0.144. The molecular formula is C15H30N2O3. The molecule has 1 fully saturated rings. The second-order valence-electron chi connectivity index (χ2n) is 6.11. The number of rotatable bonds is 8. The van der Waals surface area contributed by atoms with Gasteiger partial charge in [-0.15, -0.1) is 0 Å². The van der Waals surface area contributed by atoms with Crippen LogP contribution < -0.4 is 5.32 Å². The molecule has 0 radical (unpaired) electrons. The van der Waals surface area contributed by atoms with Crippen molar-refractivity contribution in [1.29, 1.82) is 0 Å². The number of morpholine rings is 1. The molecule has 118 valence electrons. The van der Waals surface area contributed by atoms with Crippen molar-refractivity contribution in [2.24, 2.45) is 0 Å². The molecule has 1 heterocycles. The van der Waals surface area contributed by atoms with Gasteiger partial charge in [-0.05, 0) is 53.1 Å². The van der Waals surface area contributed by atoms with Crippen molar-refractivity contribution < 1.29 is 14.6 Å². The van der Waals surface area contributed by atoms with Gasteiger partial charge < -0.3 is 15.2 Å². The predicted octanol–water partition coefficient (Wildman–Crippen LogP) is 1.72. The van der Waals surface area contributed by atoms with Gasteiger partial charge in [0.2, 0.25) is 0 Å². The topological polar surface area (TPSA) is 61.8 Å². The smallest absolute Gasteiger partial charge is 0.323 e. The van der Waals surface area contributed by atoms with Crippen LogP contribution in [0, 0.1) is 0 Å². The molecule has 0 saturated carbocycles. The highest BCUT2D eigenvalue weighted by Gasteiger charge is 2.31. The summed E-state index contributed by atoms with van der Waals surface area (Å²) >= 11 is 0. The van der Waals surface area contributed by atoms with Crippen LogP contribution in [0.1, 0.15) is 47.0 Å². The highest BCUT2D eigenvalue weighted by molar-refractivity contribution is 5.78. The fourth-order valence-electron chi connectivity index (χ4n) is 2.74. The number of unbranched alkanes of at least 4 members (excludes halogenated alkanes) is 1. The molecule has 0 spiro atoms. The fourth-order valence-corrected chi connectivity index (χ4v) is 2.74. The summed E-state index contributed by atoms with van der Waals surface area (Å²) in [6, 6.07) is 0.464. The van der Waals surface area contributed by atoms with Gasteiger partial charge in [-0.2, -0.15) is 0 Å². The van der Waals surface area contributed by atoms with Crippen LogP contribution in [0.2, 0.25) is 0 Å². The third kappa shape index (κ3) is 5.04. The van der Waals surface area contributed by atoms with Gasteiger partial charge in [0.25, 0.3) is 0 Å². The zero-order valence-electron chi connectivity index (χ0n) is 13.3. The van der Waals surface area contributed by atoms with Crippen molar-refractivity contribution in [2.45, 2.75) is 64.6 Å². The van der Waals surface area contributed by atoms with E-state index in [2.05, 4.69) is 24.1 Å². The Labute approximate surface area is 122 Å². The molecule has 3 atom stereocenters. The van der Waals surface area contributed by atoms with Crippen molar-refractivity contribution in [3.05, 3.63) is 0 Å². The number of hydrogen-bond acceptors (Lipinski definition) is 4. The van der Waals surface area contributed by atoms with E-state index in [1.165, 1.54) is 0 Å². The lowest BCUT2D eigenvalue weighted by Gasteiger charge is -2.37. The number of aliphatic carboxylic acids is 1. The molecule has 0 aromatic heterocycles. The van der Waals surface area contributed by atoms with Crippen molar-refractivity contribution >= 4 is 5.97 Å². The van der Waals surface area contributed by atoms with Crippen LogP contribution in [-0.2, 0) is 9.53 Å². The molecule has 2 N–H and O–H groups in total. The lowest BCUT2D eigenvalue weighted by Crippen LogP contribution is -2.49. The van der Waals surface area contributed by atoms with E-state index in [0.717, 1.165) is 32.5 Å². The van der Waals surface area contributed by atoms with E-state index in [1.807, 2.05) is 6.92 Å². The van der Waals surface area contributed by atoms with E-state index in [9.17, 15) is 9.90 Å². The minimum Gasteiger partial charge on any atom is -0.480 e. The molecule has 1 aliphatic rings. The quantitative estimate of drug-likeness (QED) is 0.665. The summed E-state index contributed by atoms with van der Waals surface area (Å²) in [4.78, 5) is 13.8. The SMILES string of the molecule is CCNC(C)(CCCCN1CC(C)OCC1C)C(=O)O. The summed E-state index contributed by atoms with van der Waals surface area (Å²) in [5.74, 6) is -0.757. The van der Waals surface area contributed by atoms with Crippen molar-refractivity contribution in [2.75, 3.05) is 26.2 Å². The Hall–Kier alpha value is -0.650. The first-order valence-corrected chi connectivity index (χ1v) is 7.73. The number of likely N-dealkylation sites (N-methyl/N-ethyl adjacent to an activating group) is 1. The molecule has 5 heteroatoms. The summed E-state index contributed by atoms with van der Waals surface area (Å²) in [6.45, 7) is 11.5. The summed E-state index contributed by atoms with van der Waals surface area (Å²) in [6.07, 6.45) is 2.93. The van der Waals surface area contributed by atoms with Crippen LogP contribution in [0.5, 0.6) is 0 Å². The second-order valence-corrected chi connectivity index (χ2v) is 6.11. The zero-order chi connectivity index (χ0) is 15.2. The predicted molar refractivity (Wildman–Crippen MR) is 80.0 cm³/mol. The van der Waals surface area contributed by atoms with Crippen LogP contribution in [-0.4, -0.2) is 59.9 Å². The van der Waals surface area contributed by atoms with Gasteiger partial charge in [0.15, 0.2) is 0 Å². The molecule has 1 rings (SSSR count). The molecular weight excluding hydrogens is 256 g/mol. The summed E-state index contributed by atoms with van der Waals surface area (Å²) in [5.41, 5.74) is -0.793. The molecule has 1 saturated heterocycles. The van der Waals surface area contributed by atoms with Gasteiger partial charge in [-0.3, -0.25) is 9.69 Å². The summed E-state index contributed by atoms with van der Waals surface area (Å²) in [5, 5.41) is 12.4. The van der Waals surface area contributed by atoms with E-state index in [-0.39, 0.29) is 0 Å². The Morgan fingerprint density at radius 2 is 2.15 bits per heavy atom. The number of carboxylic acids is 1. The average Bonchev–Trinajstić information content (AvgIpc) is 2.38. The van der Waals surface area contributed by atoms with E-state index in [4.69, 9.17) is 4.74 Å². The Bertz CT molecular complexity index is 311. The van der Waals surface area contributed by atoms with E-state index < -0.39 is 11.5 Å². The van der Waals surface area contributed by atoms with Crippen molar-refractivity contribution in [3.8, 4) is 0 Å². The minimum atomic E-state index is -0.793. The van der Waals surface area contributed by atoms with Crippen LogP contribution in [0.3, 0.4) is 0 Å². The third-order valence-electron chi connectivity index (χ3n) is 4.15. The van der Waals surface area contributed by atoms with Gasteiger partial charge in [0, 0.05) is 12.6 Å². The van der Waals surface area contributed by atoms with Crippen LogP contribution in [0.4, 0.5) is 0 Å². The fraction of sp³-hybridized carbons (Fsp3) is 0.933. The minimum absolute atomic E-state index is 0.303. The molecule has 0 aromatic rings. The summed E-state index contributed by atoms with van der Waals surface area (Å²) < 4.78 is 5.61. The third-order valence-corrected chi connectivity index (χ3v) is 4.15. The number of nitrogens with one attached hydrogen (secondary N) is 1. The first-order chi connectivity index (χ1) is 9.39. The van der Waals surface area contributed by atoms with Crippen LogP contribution in [0.15, 0.2) is 0 Å². The first kappa shape index (κ1) is 17.4. The highest BCUT2D eigenvalue weighted by atomic mass is 16.5. The molecule has 3 unspecified atom stereocenters. The molecule has 1 aliphatic heterocycles. The maximum atomic E-state index is 11.3. The number of carbonyl (C=O) groups is 1. The van der Waals surface area contributed by atoms with Gasteiger partial charge in [-0.25, -0.2) is 0 Å².